The van der Waals surface area contributed by atoms with Crippen molar-refractivity contribution < 1.29 is 29.3 Å². The fraction of sp³-hybridized carbons (Fsp3) is 0.310. The summed E-state index contributed by atoms with van der Waals surface area (Å²) < 4.78 is 14.7. The predicted octanol–water partition coefficient (Wildman–Crippen LogP) is 4.32. The van der Waals surface area contributed by atoms with Gasteiger partial charge in [-0.15, -0.1) is 0 Å². The zero-order valence-corrected chi connectivity index (χ0v) is 20.3. The molecule has 0 unspecified atom stereocenters. The van der Waals surface area contributed by atoms with Crippen LogP contribution in [-0.2, 0) is 0 Å². The molecular weight excluding hydrogens is 461 g/mol. The molecule has 1 fully saturated rings. The number of Topliss-reactive ketones (excluding diaryl/α,β-unsaturated/α-hetero) is 2. The molecule has 0 spiro atoms. The number of β-amino-alcohol motifs (C(OH)–C–C–N with tert-alkyl or cyclic N) is 1. The zero-order valence-electron chi connectivity index (χ0n) is 20.3. The molecule has 0 aromatic heterocycles. The van der Waals surface area contributed by atoms with Gasteiger partial charge in [-0.25, -0.2) is 4.39 Å². The number of aliphatic hydroxyl groups excluding tert-OH is 1. The van der Waals surface area contributed by atoms with Crippen LogP contribution in [0.4, 0.5) is 4.39 Å². The lowest BCUT2D eigenvalue weighted by molar-refractivity contribution is 0.0431. The Hall–Kier alpha value is -3.55. The SMILES string of the molecule is Cc1c(F)cccc1C1[C@@H](C(=O)c2cccc(O)c2)CN(C[C@@H](C)O)C[C@@H]1C(=O)c1cccc(O)c1. The molecule has 1 saturated heterocycles. The Morgan fingerprint density at radius 3 is 1.89 bits per heavy atom. The van der Waals surface area contributed by atoms with E-state index in [1.165, 1.54) is 30.3 Å². The maximum atomic E-state index is 14.7. The molecular formula is C29H30FNO5. The average Bonchev–Trinajstić information content (AvgIpc) is 2.84. The standard InChI is InChI=1S/C29H30FNO5/c1-17(32)14-31-15-24(28(35)19-6-3-8-21(33)12-19)27(23-10-5-11-26(30)18(23)2)25(16-31)29(36)20-7-4-9-22(34)13-20/h3-13,17,24-25,27,32-34H,14-16H2,1-2H3/t17-,24+,25+/m1/s1. The number of carbonyl (C=O) groups is 2. The van der Waals surface area contributed by atoms with Crippen molar-refractivity contribution in [1.82, 2.24) is 4.90 Å². The first kappa shape index (κ1) is 25.5. The molecule has 7 heteroatoms. The monoisotopic (exact) mass is 491 g/mol. The van der Waals surface area contributed by atoms with Crippen LogP contribution in [0.15, 0.2) is 66.7 Å². The lowest BCUT2D eigenvalue weighted by Crippen LogP contribution is -2.52. The van der Waals surface area contributed by atoms with Crippen molar-refractivity contribution in [2.24, 2.45) is 11.8 Å². The third kappa shape index (κ3) is 5.32. The number of piperidine rings is 1. The molecule has 0 bridgehead atoms. The van der Waals surface area contributed by atoms with E-state index in [4.69, 9.17) is 0 Å². The Bertz CT molecular complexity index is 1210. The first-order chi connectivity index (χ1) is 17.2. The lowest BCUT2D eigenvalue weighted by Gasteiger charge is -2.44. The molecule has 0 aliphatic carbocycles. The van der Waals surface area contributed by atoms with Gasteiger partial charge in [0.1, 0.15) is 17.3 Å². The number of halogens is 1. The van der Waals surface area contributed by atoms with Crippen molar-refractivity contribution in [2.45, 2.75) is 25.9 Å². The molecule has 4 rings (SSSR count). The highest BCUT2D eigenvalue weighted by Gasteiger charge is 2.45. The summed E-state index contributed by atoms with van der Waals surface area (Å²) in [6.07, 6.45) is -0.689. The average molecular weight is 492 g/mol. The number of phenolic OH excluding ortho intramolecular Hbond substituents is 2. The Morgan fingerprint density at radius 1 is 0.917 bits per heavy atom. The Kier molecular flexibility index (Phi) is 7.52. The van der Waals surface area contributed by atoms with Crippen LogP contribution < -0.4 is 0 Å². The van der Waals surface area contributed by atoms with Crippen molar-refractivity contribution in [2.75, 3.05) is 19.6 Å². The van der Waals surface area contributed by atoms with E-state index in [9.17, 15) is 29.3 Å². The summed E-state index contributed by atoms with van der Waals surface area (Å²) in [5, 5.41) is 30.1. The summed E-state index contributed by atoms with van der Waals surface area (Å²) in [6.45, 7) is 4.04. The summed E-state index contributed by atoms with van der Waals surface area (Å²) in [6, 6.07) is 16.8. The van der Waals surface area contributed by atoms with Crippen molar-refractivity contribution in [3.8, 4) is 11.5 Å². The second-order valence-corrected chi connectivity index (χ2v) is 9.59. The van der Waals surface area contributed by atoms with Crippen LogP contribution in [0.25, 0.3) is 0 Å². The van der Waals surface area contributed by atoms with Gasteiger partial charge in [-0.1, -0.05) is 36.4 Å². The number of likely N-dealkylation sites (tertiary alicyclic amines) is 1. The number of aromatic hydroxyl groups is 2. The lowest BCUT2D eigenvalue weighted by atomic mass is 9.67. The Labute approximate surface area is 209 Å². The van der Waals surface area contributed by atoms with Gasteiger partial charge < -0.3 is 15.3 Å². The van der Waals surface area contributed by atoms with E-state index in [0.717, 1.165) is 0 Å². The van der Waals surface area contributed by atoms with E-state index in [-0.39, 0.29) is 42.7 Å². The Morgan fingerprint density at radius 2 is 1.42 bits per heavy atom. The van der Waals surface area contributed by atoms with Gasteiger partial charge in [0.15, 0.2) is 11.6 Å². The molecule has 1 aliphatic heterocycles. The van der Waals surface area contributed by atoms with E-state index < -0.39 is 29.7 Å². The largest absolute Gasteiger partial charge is 0.508 e. The van der Waals surface area contributed by atoms with Gasteiger partial charge in [0.05, 0.1) is 6.10 Å². The maximum Gasteiger partial charge on any atom is 0.167 e. The van der Waals surface area contributed by atoms with Crippen LogP contribution in [-0.4, -0.2) is 57.5 Å². The number of nitrogens with zero attached hydrogens (tertiary/aromatic N) is 1. The van der Waals surface area contributed by atoms with Crippen molar-refractivity contribution in [1.29, 1.82) is 0 Å². The van der Waals surface area contributed by atoms with E-state index in [2.05, 4.69) is 0 Å². The Balaban J connectivity index is 1.87. The van der Waals surface area contributed by atoms with Gasteiger partial charge in [0.25, 0.3) is 0 Å². The molecule has 0 saturated carbocycles. The quantitative estimate of drug-likeness (QED) is 0.426. The van der Waals surface area contributed by atoms with Crippen molar-refractivity contribution in [3.05, 3.63) is 94.8 Å². The highest BCUT2D eigenvalue weighted by molar-refractivity contribution is 6.02. The van der Waals surface area contributed by atoms with Crippen molar-refractivity contribution >= 4 is 11.6 Å². The van der Waals surface area contributed by atoms with Crippen LogP contribution in [0.2, 0.25) is 0 Å². The van der Waals surface area contributed by atoms with E-state index >= 15 is 0 Å². The fourth-order valence-corrected chi connectivity index (χ4v) is 5.32. The van der Waals surface area contributed by atoms with Crippen LogP contribution in [0.5, 0.6) is 11.5 Å². The summed E-state index contributed by atoms with van der Waals surface area (Å²) >= 11 is 0. The molecule has 1 heterocycles. The molecule has 3 N–H and O–H groups in total. The van der Waals surface area contributed by atoms with Crippen LogP contribution in [0.1, 0.15) is 44.7 Å². The van der Waals surface area contributed by atoms with Gasteiger partial charge in [-0.05, 0) is 55.3 Å². The fourth-order valence-electron chi connectivity index (χ4n) is 5.32. The van der Waals surface area contributed by atoms with E-state index in [1.54, 1.807) is 50.2 Å². The predicted molar refractivity (Wildman–Crippen MR) is 134 cm³/mol. The second-order valence-electron chi connectivity index (χ2n) is 9.59. The third-order valence-corrected chi connectivity index (χ3v) is 6.90. The van der Waals surface area contributed by atoms with E-state index in [1.807, 2.05) is 4.90 Å². The van der Waals surface area contributed by atoms with Crippen LogP contribution in [0.3, 0.4) is 0 Å². The van der Waals surface area contributed by atoms with Gasteiger partial charge in [-0.3, -0.25) is 14.5 Å². The minimum absolute atomic E-state index is 0.0524. The number of rotatable bonds is 7. The number of benzene rings is 3. The molecule has 0 amide bonds. The number of carbonyl (C=O) groups excluding carboxylic acids is 2. The van der Waals surface area contributed by atoms with Gasteiger partial charge in [0, 0.05) is 48.5 Å². The molecule has 6 nitrogen and oxygen atoms in total. The van der Waals surface area contributed by atoms with Gasteiger partial charge in [-0.2, -0.15) is 0 Å². The number of ketones is 2. The highest BCUT2D eigenvalue weighted by Crippen LogP contribution is 2.42. The molecule has 3 atom stereocenters. The summed E-state index contributed by atoms with van der Waals surface area (Å²) in [5.41, 5.74) is 1.53. The minimum atomic E-state index is -0.744. The van der Waals surface area contributed by atoms with Gasteiger partial charge >= 0.3 is 0 Å². The summed E-state index contributed by atoms with van der Waals surface area (Å²) in [5.74, 6) is -3.22. The molecule has 3 aromatic rings. The first-order valence-electron chi connectivity index (χ1n) is 12.0. The molecule has 36 heavy (non-hydrogen) atoms. The summed E-state index contributed by atoms with van der Waals surface area (Å²) in [7, 11) is 0. The highest BCUT2D eigenvalue weighted by atomic mass is 19.1. The number of aliphatic hydroxyl groups is 1. The normalized spacial score (nSPS) is 19.7. The first-order valence-corrected chi connectivity index (χ1v) is 12.0. The summed E-state index contributed by atoms with van der Waals surface area (Å²) in [4.78, 5) is 29.6. The van der Waals surface area contributed by atoms with E-state index in [0.29, 0.717) is 22.3 Å². The van der Waals surface area contributed by atoms with Gasteiger partial charge in [0.2, 0.25) is 0 Å². The minimum Gasteiger partial charge on any atom is -0.508 e. The number of hydrogen-bond acceptors (Lipinski definition) is 6. The van der Waals surface area contributed by atoms with Crippen LogP contribution in [0, 0.1) is 24.6 Å². The topological polar surface area (TPSA) is 98.1 Å². The number of hydrogen-bond donors (Lipinski definition) is 3. The third-order valence-electron chi connectivity index (χ3n) is 6.90. The molecule has 3 aromatic carbocycles. The smallest absolute Gasteiger partial charge is 0.167 e. The molecule has 1 aliphatic rings. The van der Waals surface area contributed by atoms with Crippen LogP contribution >= 0.6 is 0 Å². The van der Waals surface area contributed by atoms with Crippen molar-refractivity contribution in [3.63, 3.8) is 0 Å². The zero-order chi connectivity index (χ0) is 26.0. The number of phenols is 2. The second kappa shape index (κ2) is 10.6. The maximum absolute atomic E-state index is 14.7. The molecule has 188 valence electrons. The molecule has 0 radical (unpaired) electrons.